The van der Waals surface area contributed by atoms with Gasteiger partial charge >= 0.3 is 9.28 Å². The van der Waals surface area contributed by atoms with Gasteiger partial charge in [0.05, 0.1) is 26.7 Å². The molecule has 0 unspecified atom stereocenters. The highest BCUT2D eigenvalue weighted by Gasteiger charge is 2.22. The lowest BCUT2D eigenvalue weighted by molar-refractivity contribution is -0.910. The van der Waals surface area contributed by atoms with Crippen LogP contribution in [0.25, 0.3) is 0 Å². The molecule has 0 saturated heterocycles. The first-order valence-electron chi connectivity index (χ1n) is 26.7. The van der Waals surface area contributed by atoms with Crippen molar-refractivity contribution in [2.75, 3.05) is 39.9 Å². The minimum Gasteiger partial charge on any atom is -0.397 e. The summed E-state index contributed by atoms with van der Waals surface area (Å²) in [7, 11) is 1.10. The van der Waals surface area contributed by atoms with Crippen molar-refractivity contribution in [2.24, 2.45) is 0 Å². The summed E-state index contributed by atoms with van der Waals surface area (Å²) in [6.07, 6.45) is 59.7. The second-order valence-electron chi connectivity index (χ2n) is 18.7. The van der Waals surface area contributed by atoms with E-state index in [1.54, 1.807) is 0 Å². The van der Waals surface area contributed by atoms with Crippen LogP contribution in [0.5, 0.6) is 0 Å². The third-order valence-electron chi connectivity index (χ3n) is 12.9. The van der Waals surface area contributed by atoms with Gasteiger partial charge in [-0.05, 0) is 52.0 Å². The van der Waals surface area contributed by atoms with Gasteiger partial charge in [0.25, 0.3) is 0 Å². The van der Waals surface area contributed by atoms with Crippen molar-refractivity contribution in [3.8, 4) is 0 Å². The smallest absolute Gasteiger partial charge is 0.321 e. The maximum Gasteiger partial charge on any atom is 0.321 e. The Morgan fingerprint density at radius 3 is 0.679 bits per heavy atom. The van der Waals surface area contributed by atoms with Crippen LogP contribution in [-0.4, -0.2) is 53.7 Å². The fraction of sp³-hybridized carbons (Fsp3) is 1.00. The van der Waals surface area contributed by atoms with E-state index in [1.165, 1.54) is 293 Å². The molecular formula is C52H110NO2Si+. The number of nitrogens with zero attached hydrogens (tertiary/aromatic N) is 1. The van der Waals surface area contributed by atoms with Gasteiger partial charge in [-0.2, -0.15) is 0 Å². The molecule has 0 aromatic rings. The predicted molar refractivity (Wildman–Crippen MR) is 257 cm³/mol. The molecule has 0 rings (SSSR count). The van der Waals surface area contributed by atoms with Crippen molar-refractivity contribution in [3.63, 3.8) is 0 Å². The highest BCUT2D eigenvalue weighted by molar-refractivity contribution is 6.44. The molecule has 0 aliphatic rings. The number of unbranched alkanes of at least 4 members (excludes halogenated alkanes) is 38. The number of quaternary nitrogens is 1. The number of hydrogen-bond acceptors (Lipinski definition) is 2. The highest BCUT2D eigenvalue weighted by Crippen LogP contribution is 2.19. The molecule has 56 heavy (non-hydrogen) atoms. The van der Waals surface area contributed by atoms with E-state index in [4.69, 9.17) is 8.85 Å². The number of hydrogen-bond donors (Lipinski definition) is 0. The summed E-state index contributed by atoms with van der Waals surface area (Å²) in [6.45, 7) is 14.5. The zero-order valence-corrected chi connectivity index (χ0v) is 41.2. The number of rotatable bonds is 50. The van der Waals surface area contributed by atoms with Crippen molar-refractivity contribution in [2.45, 2.75) is 297 Å². The van der Waals surface area contributed by atoms with E-state index in [9.17, 15) is 0 Å². The van der Waals surface area contributed by atoms with Crippen molar-refractivity contribution in [1.82, 2.24) is 0 Å². The molecule has 0 heterocycles. The summed E-state index contributed by atoms with van der Waals surface area (Å²) in [5.41, 5.74) is 0. The van der Waals surface area contributed by atoms with Crippen LogP contribution in [0.3, 0.4) is 0 Å². The largest absolute Gasteiger partial charge is 0.397 e. The maximum atomic E-state index is 6.02. The topological polar surface area (TPSA) is 18.5 Å². The van der Waals surface area contributed by atoms with E-state index in [-0.39, 0.29) is 0 Å². The van der Waals surface area contributed by atoms with Gasteiger partial charge in [-0.3, -0.25) is 0 Å². The molecule has 3 nitrogen and oxygen atoms in total. The Labute approximate surface area is 358 Å². The summed E-state index contributed by atoms with van der Waals surface area (Å²) in [5.74, 6) is 0. The van der Waals surface area contributed by atoms with Crippen LogP contribution in [0.1, 0.15) is 291 Å². The molecule has 0 spiro atoms. The van der Waals surface area contributed by atoms with Gasteiger partial charge in [-0.25, -0.2) is 0 Å². The molecule has 0 radical (unpaired) electrons. The average Bonchev–Trinajstić information content (AvgIpc) is 3.19. The SMILES string of the molecule is CCCCCCCCCCCCCCCCCCCCCC[N+](C)(CCCCCCCCCCCCCCCCCCCCCC)CCC[SiH](OCC)OCC. The van der Waals surface area contributed by atoms with Crippen LogP contribution in [0.2, 0.25) is 6.04 Å². The van der Waals surface area contributed by atoms with Crippen LogP contribution in [-0.2, 0) is 8.85 Å². The van der Waals surface area contributed by atoms with Gasteiger partial charge in [0.15, 0.2) is 0 Å². The Bertz CT molecular complexity index is 654. The zero-order valence-electron chi connectivity index (χ0n) is 40.1. The van der Waals surface area contributed by atoms with Crippen LogP contribution in [0.15, 0.2) is 0 Å². The second-order valence-corrected chi connectivity index (χ2v) is 20.8. The molecule has 0 aliphatic carbocycles. The summed E-state index contributed by atoms with van der Waals surface area (Å²) in [5, 5.41) is 0. The molecule has 0 aromatic heterocycles. The van der Waals surface area contributed by atoms with E-state index < -0.39 is 9.28 Å². The summed E-state index contributed by atoms with van der Waals surface area (Å²) in [6, 6.07) is 1.17. The van der Waals surface area contributed by atoms with E-state index in [1.807, 2.05) is 0 Å². The Balaban J connectivity index is 3.95. The van der Waals surface area contributed by atoms with E-state index in [0.29, 0.717) is 0 Å². The van der Waals surface area contributed by atoms with E-state index >= 15 is 0 Å². The fourth-order valence-corrected chi connectivity index (χ4v) is 10.7. The summed E-state index contributed by atoms with van der Waals surface area (Å²) in [4.78, 5) is 0. The molecule has 0 aromatic carbocycles. The lowest BCUT2D eigenvalue weighted by atomic mass is 10.0. The van der Waals surface area contributed by atoms with Crippen molar-refractivity contribution >= 4 is 9.28 Å². The van der Waals surface area contributed by atoms with Gasteiger partial charge in [0.1, 0.15) is 0 Å². The van der Waals surface area contributed by atoms with Gasteiger partial charge in [0, 0.05) is 13.2 Å². The quantitative estimate of drug-likeness (QED) is 0.0346. The second kappa shape index (κ2) is 47.8. The lowest BCUT2D eigenvalue weighted by Crippen LogP contribution is -2.46. The monoisotopic (exact) mass is 809 g/mol. The van der Waals surface area contributed by atoms with E-state index in [0.717, 1.165) is 13.2 Å². The molecule has 338 valence electrons. The Hall–Kier alpha value is 0.0969. The molecule has 0 atom stereocenters. The van der Waals surface area contributed by atoms with Crippen LogP contribution in [0.4, 0.5) is 0 Å². The summed E-state index contributed by atoms with van der Waals surface area (Å²) < 4.78 is 13.3. The van der Waals surface area contributed by atoms with Crippen molar-refractivity contribution < 1.29 is 13.3 Å². The highest BCUT2D eigenvalue weighted by atomic mass is 28.3. The van der Waals surface area contributed by atoms with Gasteiger partial charge in [0.2, 0.25) is 0 Å². The molecular weight excluding hydrogens is 699 g/mol. The normalized spacial score (nSPS) is 12.1. The Morgan fingerprint density at radius 1 is 0.268 bits per heavy atom. The predicted octanol–water partition coefficient (Wildman–Crippen LogP) is 17.8. The summed E-state index contributed by atoms with van der Waals surface area (Å²) >= 11 is 0. The minimum atomic E-state index is -1.48. The van der Waals surface area contributed by atoms with Crippen LogP contribution < -0.4 is 0 Å². The van der Waals surface area contributed by atoms with E-state index in [2.05, 4.69) is 34.7 Å². The maximum absolute atomic E-state index is 6.02. The van der Waals surface area contributed by atoms with Crippen LogP contribution in [0, 0.1) is 0 Å². The molecule has 0 saturated carbocycles. The zero-order chi connectivity index (χ0) is 40.7. The molecule has 0 fully saturated rings. The third-order valence-corrected chi connectivity index (χ3v) is 15.2. The third kappa shape index (κ3) is 43.7. The standard InChI is InChI=1S/C52H110NO2Si/c1-6-10-12-14-16-18-20-22-24-26-28-30-32-34-36-38-40-42-44-46-49-53(5,51-48-52-56(54-8-3)55-9-4)50-47-45-43-41-39-37-35-33-31-29-27-25-23-21-19-17-15-13-11-7-2/h56H,6-52H2,1-5H3/q+1. The van der Waals surface area contributed by atoms with Gasteiger partial charge < -0.3 is 13.3 Å². The van der Waals surface area contributed by atoms with Crippen LogP contribution >= 0.6 is 0 Å². The first kappa shape index (κ1) is 56.1. The first-order chi connectivity index (χ1) is 27.6. The van der Waals surface area contributed by atoms with Gasteiger partial charge in [-0.1, -0.05) is 245 Å². The molecule has 0 N–H and O–H groups in total. The molecule has 0 amide bonds. The van der Waals surface area contributed by atoms with Crippen molar-refractivity contribution in [3.05, 3.63) is 0 Å². The lowest BCUT2D eigenvalue weighted by Gasteiger charge is -2.35. The minimum absolute atomic E-state index is 0.807. The Morgan fingerprint density at radius 2 is 0.464 bits per heavy atom. The van der Waals surface area contributed by atoms with Gasteiger partial charge in [-0.15, -0.1) is 0 Å². The average molecular weight is 810 g/mol. The Kier molecular flexibility index (Phi) is 47.9. The first-order valence-corrected chi connectivity index (χ1v) is 28.4. The fourth-order valence-electron chi connectivity index (χ4n) is 9.06. The molecule has 0 aliphatic heterocycles. The molecule has 0 bridgehead atoms. The van der Waals surface area contributed by atoms with Crippen molar-refractivity contribution in [1.29, 1.82) is 0 Å². The molecule has 4 heteroatoms.